The molecule has 2 heterocycles. The molecule has 0 atom stereocenters. The molecule has 2 rings (SSSR count). The Kier molecular flexibility index (Phi) is 4.11. The van der Waals surface area contributed by atoms with Crippen molar-refractivity contribution >= 4 is 34.9 Å². The maximum Gasteiger partial charge on any atom is 0.138 e. The average Bonchev–Trinajstić information content (AvgIpc) is 2.52. The Bertz CT molecular complexity index is 354. The van der Waals surface area contributed by atoms with Crippen molar-refractivity contribution < 1.29 is 0 Å². The Morgan fingerprint density at radius 3 is 2.94 bits per heavy atom. The van der Waals surface area contributed by atoms with Crippen LogP contribution in [0.1, 0.15) is 26.0 Å². The number of aromatic nitrogens is 2. The first-order valence-electron chi connectivity index (χ1n) is 5.40. The topological polar surface area (TPSA) is 29.0 Å². The summed E-state index contributed by atoms with van der Waals surface area (Å²) in [6.45, 7) is 7.71. The number of hydrogen-bond donors (Lipinski definition) is 0. The molecule has 1 aliphatic heterocycles. The molecule has 6 heteroatoms. The van der Waals surface area contributed by atoms with E-state index in [9.17, 15) is 0 Å². The van der Waals surface area contributed by atoms with Gasteiger partial charge in [-0.05, 0) is 13.0 Å². The van der Waals surface area contributed by atoms with Crippen LogP contribution in [0.4, 0.5) is 0 Å². The molecule has 3 nitrogen and oxygen atoms in total. The Labute approximate surface area is 110 Å². The molecule has 1 aromatic heterocycles. The highest BCUT2D eigenvalue weighted by atomic mass is 35.5. The van der Waals surface area contributed by atoms with Gasteiger partial charge in [0.25, 0.3) is 0 Å². The van der Waals surface area contributed by atoms with Crippen LogP contribution in [0, 0.1) is 0 Å². The summed E-state index contributed by atoms with van der Waals surface area (Å²) in [5, 5.41) is 4.06. The van der Waals surface area contributed by atoms with Gasteiger partial charge in [0, 0.05) is 35.1 Å². The van der Waals surface area contributed by atoms with Crippen molar-refractivity contribution in [3.05, 3.63) is 10.0 Å². The highest BCUT2D eigenvalue weighted by Gasteiger charge is 2.24. The van der Waals surface area contributed by atoms with E-state index in [0.717, 1.165) is 29.7 Å². The van der Waals surface area contributed by atoms with Gasteiger partial charge in [-0.3, -0.25) is 4.90 Å². The predicted molar refractivity (Wildman–Crippen MR) is 71.4 cm³/mol. The molecule has 0 bridgehead atoms. The van der Waals surface area contributed by atoms with E-state index in [1.54, 1.807) is 0 Å². The summed E-state index contributed by atoms with van der Waals surface area (Å²) in [5.41, 5.74) is 0.927. The second-order valence-electron chi connectivity index (χ2n) is 4.63. The van der Waals surface area contributed by atoms with Gasteiger partial charge in [-0.15, -0.1) is 5.10 Å². The summed E-state index contributed by atoms with van der Waals surface area (Å²) in [4.78, 5) is 2.42. The molecule has 0 N–H and O–H groups in total. The van der Waals surface area contributed by atoms with Gasteiger partial charge in [0.05, 0.1) is 0 Å². The Balaban J connectivity index is 1.94. The molecule has 0 saturated carbocycles. The van der Waals surface area contributed by atoms with Crippen LogP contribution in [0.5, 0.6) is 0 Å². The zero-order chi connectivity index (χ0) is 11.6. The lowest BCUT2D eigenvalue weighted by molar-refractivity contribution is 0.273. The number of nitrogens with zero attached hydrogens (tertiary/aromatic N) is 3. The summed E-state index contributed by atoms with van der Waals surface area (Å²) in [5.74, 6) is 1.18. The number of hydrogen-bond acceptors (Lipinski definition) is 5. The zero-order valence-electron chi connectivity index (χ0n) is 9.57. The normalized spacial score (nSPS) is 21.9. The second-order valence-corrected chi connectivity index (χ2v) is 7.79. The lowest BCUT2D eigenvalue weighted by Crippen LogP contribution is -2.27. The van der Waals surface area contributed by atoms with Gasteiger partial charge in [0.2, 0.25) is 0 Å². The maximum atomic E-state index is 6.02. The number of thioether (sulfide) groups is 1. The Hall–Kier alpha value is 0.160. The highest BCUT2D eigenvalue weighted by molar-refractivity contribution is 8.00. The minimum atomic E-state index is 0.402. The van der Waals surface area contributed by atoms with Gasteiger partial charge in [-0.1, -0.05) is 29.9 Å². The van der Waals surface area contributed by atoms with Crippen LogP contribution in [-0.2, 0) is 6.54 Å². The molecular formula is C10H16ClN3S2. The van der Waals surface area contributed by atoms with Gasteiger partial charge in [-0.2, -0.15) is 11.8 Å². The molecule has 0 radical (unpaired) electrons. The monoisotopic (exact) mass is 277 g/mol. The van der Waals surface area contributed by atoms with Crippen molar-refractivity contribution in [2.45, 2.75) is 31.6 Å². The van der Waals surface area contributed by atoms with E-state index < -0.39 is 0 Å². The summed E-state index contributed by atoms with van der Waals surface area (Å²) < 4.78 is 5.00. The summed E-state index contributed by atoms with van der Waals surface area (Å²) in [6.07, 6.45) is 1.22. The first-order valence-corrected chi connectivity index (χ1v) is 7.53. The van der Waals surface area contributed by atoms with E-state index in [-0.39, 0.29) is 0 Å². The van der Waals surface area contributed by atoms with Gasteiger partial charge in [0.15, 0.2) is 0 Å². The van der Waals surface area contributed by atoms with Gasteiger partial charge in [-0.25, -0.2) is 0 Å². The molecule has 1 aliphatic rings. The smallest absolute Gasteiger partial charge is 0.138 e. The minimum absolute atomic E-state index is 0.402. The van der Waals surface area contributed by atoms with Crippen molar-refractivity contribution in [1.82, 2.24) is 14.5 Å². The largest absolute Gasteiger partial charge is 0.296 e. The van der Waals surface area contributed by atoms with Crippen molar-refractivity contribution in [2.24, 2.45) is 0 Å². The van der Waals surface area contributed by atoms with E-state index in [0.29, 0.717) is 4.75 Å². The van der Waals surface area contributed by atoms with Crippen LogP contribution in [-0.4, -0.2) is 38.1 Å². The van der Waals surface area contributed by atoms with Crippen molar-refractivity contribution in [2.75, 3.05) is 18.8 Å². The van der Waals surface area contributed by atoms with Crippen molar-refractivity contribution in [3.63, 3.8) is 0 Å². The second kappa shape index (κ2) is 5.21. The SMILES string of the molecule is CC1(C)CCN(Cc2nnsc2Cl)CCS1. The fourth-order valence-corrected chi connectivity index (χ4v) is 3.47. The van der Waals surface area contributed by atoms with E-state index in [2.05, 4.69) is 40.1 Å². The highest BCUT2D eigenvalue weighted by Crippen LogP contribution is 2.31. The lowest BCUT2D eigenvalue weighted by Gasteiger charge is -2.22. The van der Waals surface area contributed by atoms with E-state index in [1.807, 2.05) is 0 Å². The molecule has 0 spiro atoms. The fourth-order valence-electron chi connectivity index (χ4n) is 1.72. The van der Waals surface area contributed by atoms with E-state index in [1.165, 1.54) is 23.7 Å². The number of halogens is 1. The molecule has 16 heavy (non-hydrogen) atoms. The molecule has 1 fully saturated rings. The summed E-state index contributed by atoms with van der Waals surface area (Å²) in [7, 11) is 0. The van der Waals surface area contributed by atoms with Crippen molar-refractivity contribution in [1.29, 1.82) is 0 Å². The van der Waals surface area contributed by atoms with Gasteiger partial charge in [0.1, 0.15) is 10.0 Å². The fraction of sp³-hybridized carbons (Fsp3) is 0.800. The third kappa shape index (κ3) is 3.32. The molecule has 0 amide bonds. The molecular weight excluding hydrogens is 262 g/mol. The molecule has 1 saturated heterocycles. The van der Waals surface area contributed by atoms with E-state index in [4.69, 9.17) is 11.6 Å². The minimum Gasteiger partial charge on any atom is -0.296 e. The number of rotatable bonds is 2. The summed E-state index contributed by atoms with van der Waals surface area (Å²) in [6, 6.07) is 0. The van der Waals surface area contributed by atoms with Crippen LogP contribution in [0.2, 0.25) is 4.34 Å². The molecule has 1 aromatic rings. The first-order chi connectivity index (χ1) is 7.57. The molecule has 90 valence electrons. The van der Waals surface area contributed by atoms with Crippen LogP contribution in [0.3, 0.4) is 0 Å². The van der Waals surface area contributed by atoms with Gasteiger partial charge >= 0.3 is 0 Å². The lowest BCUT2D eigenvalue weighted by atomic mass is 10.1. The average molecular weight is 278 g/mol. The molecule has 0 unspecified atom stereocenters. The third-order valence-corrected chi connectivity index (χ3v) is 5.17. The van der Waals surface area contributed by atoms with Crippen LogP contribution >= 0.6 is 34.9 Å². The van der Waals surface area contributed by atoms with Crippen LogP contribution in [0.15, 0.2) is 0 Å². The van der Waals surface area contributed by atoms with Gasteiger partial charge < -0.3 is 0 Å². The zero-order valence-corrected chi connectivity index (χ0v) is 12.0. The maximum absolute atomic E-state index is 6.02. The Morgan fingerprint density at radius 2 is 2.25 bits per heavy atom. The van der Waals surface area contributed by atoms with Crippen molar-refractivity contribution in [3.8, 4) is 0 Å². The Morgan fingerprint density at radius 1 is 1.44 bits per heavy atom. The standard InChI is InChI=1S/C10H16ClN3S2/c1-10(2)3-4-14(5-6-15-10)7-8-9(11)16-13-12-8/h3-7H2,1-2H3. The quantitative estimate of drug-likeness (QED) is 0.831. The van der Waals surface area contributed by atoms with Crippen LogP contribution in [0.25, 0.3) is 0 Å². The van der Waals surface area contributed by atoms with E-state index >= 15 is 0 Å². The molecule has 0 aromatic carbocycles. The first kappa shape index (κ1) is 12.6. The molecule has 0 aliphatic carbocycles. The summed E-state index contributed by atoms with van der Waals surface area (Å²) >= 11 is 9.34. The predicted octanol–water partition coefficient (Wildman–Crippen LogP) is 2.91. The van der Waals surface area contributed by atoms with Crippen LogP contribution < -0.4 is 0 Å². The third-order valence-electron chi connectivity index (χ3n) is 2.81.